The minimum atomic E-state index is -5.08. The van der Waals surface area contributed by atoms with Gasteiger partial charge in [0.25, 0.3) is 0 Å². The van der Waals surface area contributed by atoms with Gasteiger partial charge < -0.3 is 20.1 Å². The molecule has 2 N–H and O–H groups in total. The van der Waals surface area contributed by atoms with Crippen molar-refractivity contribution in [1.82, 2.24) is 10.2 Å². The lowest BCUT2D eigenvalue weighted by Crippen LogP contribution is -2.34. The molecule has 1 amide bonds. The zero-order valence-electron chi connectivity index (χ0n) is 12.9. The maximum absolute atomic E-state index is 11.8. The average molecular weight is 348 g/mol. The number of carbonyl (C=O) groups excluding carboxylic acids is 1. The highest BCUT2D eigenvalue weighted by molar-refractivity contribution is 5.73. The summed E-state index contributed by atoms with van der Waals surface area (Å²) in [6.07, 6.45) is -4.31. The lowest BCUT2D eigenvalue weighted by Gasteiger charge is -2.19. The van der Waals surface area contributed by atoms with Gasteiger partial charge in [-0.2, -0.15) is 13.2 Å². The van der Waals surface area contributed by atoms with Crippen LogP contribution in [-0.2, 0) is 16.1 Å². The van der Waals surface area contributed by atoms with Crippen LogP contribution in [0.3, 0.4) is 0 Å². The van der Waals surface area contributed by atoms with Gasteiger partial charge >= 0.3 is 18.2 Å². The van der Waals surface area contributed by atoms with Gasteiger partial charge in [-0.25, -0.2) is 9.59 Å². The average Bonchev–Trinajstić information content (AvgIpc) is 2.82. The number of hydrogen-bond acceptors (Lipinski definition) is 4. The third-order valence-corrected chi connectivity index (χ3v) is 3.05. The number of nitrogens with zero attached hydrogens (tertiary/aromatic N) is 1. The van der Waals surface area contributed by atoms with Gasteiger partial charge in [0.1, 0.15) is 6.61 Å². The van der Waals surface area contributed by atoms with Crippen molar-refractivity contribution in [1.29, 1.82) is 0 Å². The molecule has 1 aliphatic heterocycles. The molecule has 1 aliphatic rings. The SMILES string of the molecule is O=C(O)C(F)(F)F.O=C(OCc1ccccc1)N1CCCNCC1. The van der Waals surface area contributed by atoms with Gasteiger partial charge in [-0.1, -0.05) is 30.3 Å². The van der Waals surface area contributed by atoms with E-state index in [1.807, 2.05) is 30.3 Å². The number of carbonyl (C=O) groups is 2. The van der Waals surface area contributed by atoms with E-state index in [1.54, 1.807) is 4.90 Å². The fraction of sp³-hybridized carbons (Fsp3) is 0.467. The first-order chi connectivity index (χ1) is 11.3. The Kier molecular flexibility index (Phi) is 8.03. The summed E-state index contributed by atoms with van der Waals surface area (Å²) < 4.78 is 37.0. The van der Waals surface area contributed by atoms with Gasteiger partial charge in [-0.15, -0.1) is 0 Å². The molecule has 0 atom stereocenters. The van der Waals surface area contributed by atoms with Crippen molar-refractivity contribution in [3.05, 3.63) is 35.9 Å². The molecule has 1 fully saturated rings. The third-order valence-electron chi connectivity index (χ3n) is 3.05. The van der Waals surface area contributed by atoms with Crippen molar-refractivity contribution in [2.75, 3.05) is 26.2 Å². The summed E-state index contributed by atoms with van der Waals surface area (Å²) in [6, 6.07) is 9.75. The first-order valence-electron chi connectivity index (χ1n) is 7.27. The Morgan fingerprint density at radius 1 is 1.17 bits per heavy atom. The van der Waals surface area contributed by atoms with E-state index in [4.69, 9.17) is 14.6 Å². The molecule has 134 valence electrons. The number of carboxylic acid groups (broad SMARTS) is 1. The minimum absolute atomic E-state index is 0.211. The van der Waals surface area contributed by atoms with Crippen LogP contribution in [0.15, 0.2) is 30.3 Å². The Balaban J connectivity index is 0.000000351. The van der Waals surface area contributed by atoms with Crippen LogP contribution in [0.5, 0.6) is 0 Å². The van der Waals surface area contributed by atoms with E-state index in [0.29, 0.717) is 6.61 Å². The van der Waals surface area contributed by atoms with Crippen LogP contribution in [0, 0.1) is 0 Å². The highest BCUT2D eigenvalue weighted by Crippen LogP contribution is 2.13. The largest absolute Gasteiger partial charge is 0.490 e. The molecule has 1 aromatic rings. The van der Waals surface area contributed by atoms with Crippen LogP contribution in [-0.4, -0.2) is 54.4 Å². The van der Waals surface area contributed by atoms with Crippen molar-refractivity contribution < 1.29 is 32.6 Å². The van der Waals surface area contributed by atoms with Gasteiger partial charge in [-0.05, 0) is 18.5 Å². The summed E-state index contributed by atoms with van der Waals surface area (Å²) in [5.41, 5.74) is 1.02. The number of rotatable bonds is 2. The van der Waals surface area contributed by atoms with Crippen molar-refractivity contribution in [3.8, 4) is 0 Å². The number of amides is 1. The molecular weight excluding hydrogens is 329 g/mol. The predicted molar refractivity (Wildman–Crippen MR) is 79.4 cm³/mol. The van der Waals surface area contributed by atoms with Crippen LogP contribution in [0.25, 0.3) is 0 Å². The van der Waals surface area contributed by atoms with Crippen molar-refractivity contribution in [3.63, 3.8) is 0 Å². The Hall–Kier alpha value is -2.29. The van der Waals surface area contributed by atoms with Crippen molar-refractivity contribution in [2.24, 2.45) is 0 Å². The number of nitrogens with one attached hydrogen (secondary N) is 1. The fourth-order valence-corrected chi connectivity index (χ4v) is 1.84. The lowest BCUT2D eigenvalue weighted by molar-refractivity contribution is -0.192. The lowest BCUT2D eigenvalue weighted by atomic mass is 10.2. The molecule has 1 saturated heterocycles. The van der Waals surface area contributed by atoms with E-state index < -0.39 is 12.1 Å². The molecule has 0 unspecified atom stereocenters. The zero-order valence-corrected chi connectivity index (χ0v) is 12.9. The molecular formula is C15H19F3N2O4. The maximum Gasteiger partial charge on any atom is 0.490 e. The summed E-state index contributed by atoms with van der Waals surface area (Å²) in [5, 5.41) is 10.4. The van der Waals surface area contributed by atoms with E-state index in [-0.39, 0.29) is 6.09 Å². The molecule has 6 nitrogen and oxygen atoms in total. The van der Waals surface area contributed by atoms with E-state index in [9.17, 15) is 18.0 Å². The molecule has 0 aliphatic carbocycles. The molecule has 0 spiro atoms. The number of halogens is 3. The van der Waals surface area contributed by atoms with Crippen LogP contribution >= 0.6 is 0 Å². The first-order valence-corrected chi connectivity index (χ1v) is 7.27. The summed E-state index contributed by atoms with van der Waals surface area (Å²) in [6.45, 7) is 3.68. The fourth-order valence-electron chi connectivity index (χ4n) is 1.84. The van der Waals surface area contributed by atoms with Gasteiger partial charge in [0.2, 0.25) is 0 Å². The monoisotopic (exact) mass is 348 g/mol. The van der Waals surface area contributed by atoms with Gasteiger partial charge in [-0.3, -0.25) is 0 Å². The van der Waals surface area contributed by atoms with E-state index in [1.165, 1.54) is 0 Å². The van der Waals surface area contributed by atoms with Crippen LogP contribution in [0.1, 0.15) is 12.0 Å². The quantitative estimate of drug-likeness (QED) is 0.857. The molecule has 9 heteroatoms. The number of alkyl halides is 3. The molecule has 24 heavy (non-hydrogen) atoms. The summed E-state index contributed by atoms with van der Waals surface area (Å²) in [4.78, 5) is 22.5. The van der Waals surface area contributed by atoms with E-state index >= 15 is 0 Å². The summed E-state index contributed by atoms with van der Waals surface area (Å²) >= 11 is 0. The minimum Gasteiger partial charge on any atom is -0.475 e. The second-order valence-electron chi connectivity index (χ2n) is 4.93. The number of aliphatic carboxylic acids is 1. The third kappa shape index (κ3) is 7.82. The molecule has 0 aromatic heterocycles. The number of benzene rings is 1. The molecule has 0 bridgehead atoms. The highest BCUT2D eigenvalue weighted by atomic mass is 19.4. The normalized spacial score (nSPS) is 14.9. The van der Waals surface area contributed by atoms with E-state index in [0.717, 1.165) is 38.2 Å². The highest BCUT2D eigenvalue weighted by Gasteiger charge is 2.38. The van der Waals surface area contributed by atoms with E-state index in [2.05, 4.69) is 5.32 Å². The second kappa shape index (κ2) is 9.76. The van der Waals surface area contributed by atoms with Crippen molar-refractivity contribution in [2.45, 2.75) is 19.2 Å². The Morgan fingerprint density at radius 2 is 1.79 bits per heavy atom. The Bertz CT molecular complexity index is 515. The van der Waals surface area contributed by atoms with Gasteiger partial charge in [0, 0.05) is 19.6 Å². The van der Waals surface area contributed by atoms with Crippen molar-refractivity contribution >= 4 is 12.1 Å². The first kappa shape index (κ1) is 19.8. The summed E-state index contributed by atoms with van der Waals surface area (Å²) in [5.74, 6) is -2.76. The van der Waals surface area contributed by atoms with Crippen LogP contribution in [0.2, 0.25) is 0 Å². The number of carboxylic acids is 1. The Labute approximate surface area is 137 Å². The van der Waals surface area contributed by atoms with Crippen LogP contribution in [0.4, 0.5) is 18.0 Å². The zero-order chi connectivity index (χ0) is 18.0. The number of hydrogen-bond donors (Lipinski definition) is 2. The Morgan fingerprint density at radius 3 is 2.38 bits per heavy atom. The van der Waals surface area contributed by atoms with Gasteiger partial charge in [0.05, 0.1) is 0 Å². The van der Waals surface area contributed by atoms with Gasteiger partial charge in [0.15, 0.2) is 0 Å². The smallest absolute Gasteiger partial charge is 0.475 e. The molecule has 2 rings (SSSR count). The summed E-state index contributed by atoms with van der Waals surface area (Å²) in [7, 11) is 0. The maximum atomic E-state index is 11.8. The predicted octanol–water partition coefficient (Wildman–Crippen LogP) is 2.25. The second-order valence-corrected chi connectivity index (χ2v) is 4.93. The molecule has 0 radical (unpaired) electrons. The molecule has 0 saturated carbocycles. The standard InChI is InChI=1S/C13H18N2O2.C2HF3O2/c16-13(15-9-4-7-14-8-10-15)17-11-12-5-2-1-3-6-12;3-2(4,5)1(6)7/h1-3,5-6,14H,4,7-11H2;(H,6,7). The topological polar surface area (TPSA) is 78.9 Å². The number of ether oxygens (including phenoxy) is 1. The van der Waals surface area contributed by atoms with Crippen LogP contribution < -0.4 is 5.32 Å². The molecule has 1 aromatic carbocycles. The molecule has 1 heterocycles.